The molecule has 21 heteroatoms. The van der Waals surface area contributed by atoms with E-state index in [4.69, 9.17) is 0 Å². The average Bonchev–Trinajstić information content (AvgIpc) is 3.48. The van der Waals surface area contributed by atoms with Gasteiger partial charge in [0, 0.05) is 57.6 Å². The van der Waals surface area contributed by atoms with Crippen molar-refractivity contribution in [3.8, 4) is 0 Å². The van der Waals surface area contributed by atoms with Gasteiger partial charge in [-0.05, 0) is 104 Å². The molecule has 0 bridgehead atoms. The maximum Gasteiger partial charge on any atom is 1.00 e. The Morgan fingerprint density at radius 1 is 0.767 bits per heavy atom. The normalized spacial score (nSPS) is 17.6. The Bertz CT molecular complexity index is 2720. The van der Waals surface area contributed by atoms with Crippen LogP contribution in [0, 0.1) is 0 Å². The van der Waals surface area contributed by atoms with Crippen molar-refractivity contribution in [2.24, 2.45) is 0 Å². The molecule has 0 radical (unpaired) electrons. The summed E-state index contributed by atoms with van der Waals surface area (Å²) in [6, 6.07) is 17.0. The minimum atomic E-state index is -4.72. The molecule has 0 amide bonds. The molecule has 2 unspecified atom stereocenters. The molecule has 14 nitrogen and oxygen atoms in total. The number of rotatable bonds is 14. The van der Waals surface area contributed by atoms with Crippen LogP contribution in [0.3, 0.4) is 0 Å². The monoisotopic (exact) mass is 926 g/mol. The van der Waals surface area contributed by atoms with Gasteiger partial charge in [0.15, 0.2) is 12.3 Å². The summed E-state index contributed by atoms with van der Waals surface area (Å²) in [5, 5.41) is 14.6. The summed E-state index contributed by atoms with van der Waals surface area (Å²) < 4.78 is 114. The van der Waals surface area contributed by atoms with Crippen LogP contribution < -0.4 is 98.8 Å². The maximum absolute atomic E-state index is 11.9. The van der Waals surface area contributed by atoms with Crippen molar-refractivity contribution in [2.45, 2.75) is 85.5 Å². The third kappa shape index (κ3) is 10.9. The van der Waals surface area contributed by atoms with Crippen LogP contribution in [0.5, 0.6) is 0 Å². The van der Waals surface area contributed by atoms with Crippen LogP contribution in [0.25, 0.3) is 21.5 Å². The van der Waals surface area contributed by atoms with Crippen LogP contribution in [-0.2, 0) is 50.6 Å². The van der Waals surface area contributed by atoms with E-state index in [0.29, 0.717) is 15.7 Å². The zero-order valence-corrected chi connectivity index (χ0v) is 44.2. The Labute approximate surface area is 422 Å². The minimum absolute atomic E-state index is 0. The molecule has 4 aromatic carbocycles. The van der Waals surface area contributed by atoms with Crippen molar-refractivity contribution >= 4 is 81.0 Å². The summed E-state index contributed by atoms with van der Waals surface area (Å²) in [7, 11) is -13.8. The van der Waals surface area contributed by atoms with Crippen molar-refractivity contribution in [1.29, 1.82) is 0 Å². The molecule has 0 aromatic heterocycles. The van der Waals surface area contributed by atoms with Crippen molar-refractivity contribution in [3.63, 3.8) is 0 Å². The van der Waals surface area contributed by atoms with E-state index < -0.39 is 51.7 Å². The largest absolute Gasteiger partial charge is 1.00 e. The Kier molecular flexibility index (Phi) is 18.1. The number of benzene rings is 4. The van der Waals surface area contributed by atoms with E-state index in [2.05, 4.69) is 9.37 Å². The zero-order chi connectivity index (χ0) is 41.9. The second kappa shape index (κ2) is 20.2. The SMILES string of the molecule is CC(CCN1/C(=C/C=CC2=[N+](CCC(C)S(=O)(=O)[O-])c3ccc4cc(S(=O)(=O)[O-])ccc4c3C2(C)C)C(C)(C)c2c1ccc1cc(SOO[O-])ccc21)S(=O)(=O)[O-].[Na+].[Na+].[Na+]. The van der Waals surface area contributed by atoms with Crippen LogP contribution in [0.2, 0.25) is 0 Å². The van der Waals surface area contributed by atoms with Crippen molar-refractivity contribution < 1.29 is 147 Å². The number of hydrogen-bond donors (Lipinski definition) is 0. The van der Waals surface area contributed by atoms with Crippen molar-refractivity contribution in [1.82, 2.24) is 0 Å². The fraction of sp³-hybridized carbons (Fsp3) is 0.359. The van der Waals surface area contributed by atoms with E-state index in [-0.39, 0.29) is 119 Å². The predicted octanol–water partition coefficient (Wildman–Crippen LogP) is -3.60. The molecule has 2 heterocycles. The van der Waals surface area contributed by atoms with Gasteiger partial charge in [0.25, 0.3) is 0 Å². The fourth-order valence-electron chi connectivity index (χ4n) is 8.03. The Balaban J connectivity index is 0.00000320. The summed E-state index contributed by atoms with van der Waals surface area (Å²) in [6.07, 6.45) is 5.75. The van der Waals surface area contributed by atoms with E-state index in [1.54, 1.807) is 24.3 Å². The number of allylic oxidation sites excluding steroid dienone is 4. The Hall–Kier alpha value is -0.690. The molecule has 0 spiro atoms. The van der Waals surface area contributed by atoms with Crippen molar-refractivity contribution in [2.75, 3.05) is 18.0 Å². The smallest absolute Gasteiger partial charge is 0.748 e. The van der Waals surface area contributed by atoms with Crippen molar-refractivity contribution in [3.05, 3.63) is 95.7 Å². The molecule has 0 aliphatic carbocycles. The van der Waals surface area contributed by atoms with Gasteiger partial charge in [0.05, 0.1) is 47.8 Å². The van der Waals surface area contributed by atoms with E-state index in [1.807, 2.05) is 79.7 Å². The summed E-state index contributed by atoms with van der Waals surface area (Å²) in [4.78, 5) is 2.27. The Morgan fingerprint density at radius 3 is 1.97 bits per heavy atom. The van der Waals surface area contributed by atoms with Gasteiger partial charge in [-0.3, -0.25) is 5.04 Å². The molecular weight excluding hydrogens is 886 g/mol. The average molecular weight is 927 g/mol. The molecule has 2 atom stereocenters. The molecule has 0 saturated carbocycles. The number of anilines is 1. The minimum Gasteiger partial charge on any atom is -0.748 e. The third-order valence-corrected chi connectivity index (χ3v) is 14.9. The second-order valence-corrected chi connectivity index (χ2v) is 21.1. The first-order valence-corrected chi connectivity index (χ1v) is 23.0. The first-order chi connectivity index (χ1) is 26.5. The molecule has 2 aliphatic heterocycles. The van der Waals surface area contributed by atoms with Crippen LogP contribution in [0.15, 0.2) is 94.4 Å². The quantitative estimate of drug-likeness (QED) is 0.0298. The number of fused-ring (bicyclic) bond motifs is 6. The molecule has 0 saturated heterocycles. The molecule has 6 rings (SSSR count). The predicted molar refractivity (Wildman–Crippen MR) is 212 cm³/mol. The number of nitrogens with zero attached hydrogens (tertiary/aromatic N) is 2. The van der Waals surface area contributed by atoms with E-state index in [0.717, 1.165) is 56.7 Å². The third-order valence-electron chi connectivity index (χ3n) is 11.1. The van der Waals surface area contributed by atoms with Gasteiger partial charge < -0.3 is 23.8 Å². The van der Waals surface area contributed by atoms with E-state index in [1.165, 1.54) is 26.0 Å². The van der Waals surface area contributed by atoms with Gasteiger partial charge >= 0.3 is 88.7 Å². The molecule has 60 heavy (non-hydrogen) atoms. The summed E-state index contributed by atoms with van der Waals surface area (Å²) >= 11 is 0.769. The first kappa shape index (κ1) is 53.6. The summed E-state index contributed by atoms with van der Waals surface area (Å²) in [6.45, 7) is 11.1. The Morgan fingerprint density at radius 2 is 1.35 bits per heavy atom. The van der Waals surface area contributed by atoms with E-state index >= 15 is 0 Å². The second-order valence-electron chi connectivity index (χ2n) is 15.4. The van der Waals surface area contributed by atoms with Crippen LogP contribution in [0.1, 0.15) is 65.5 Å². The molecular formula is C39H41N2Na3O12S4. The fourth-order valence-corrected chi connectivity index (χ4v) is 9.73. The van der Waals surface area contributed by atoms with Gasteiger partial charge in [-0.2, -0.15) is 8.91 Å². The summed E-state index contributed by atoms with van der Waals surface area (Å²) in [5.74, 6) is 0. The topological polar surface area (TPSA) is 219 Å². The van der Waals surface area contributed by atoms with Gasteiger partial charge in [0.1, 0.15) is 10.1 Å². The molecule has 2 aliphatic rings. The standard InChI is InChI=1S/C39H44N2O12S4.3Na/c1-24(55(43,44)45)18-20-40-32-16-10-26-22-28(54-53-52-42)12-14-30(26)36(32)38(3,4)34(40)8-7-9-35-39(5,6)37-31-15-13-29(57(49,50)51)23-27(31)11-17-33(37)41(35)21-19-25(2)56(46,47)48;;;/h7-17,22-25H,18-21H2,1-6H3,(H3-,42,43,44,45,46,47,48,49,50,51);;;/q;3*+1/p-3. The first-order valence-electron chi connectivity index (χ1n) is 17.9. The van der Waals surface area contributed by atoms with Gasteiger partial charge in [-0.25, -0.2) is 25.3 Å². The van der Waals surface area contributed by atoms with Gasteiger partial charge in [-0.15, -0.1) is 0 Å². The van der Waals surface area contributed by atoms with Crippen LogP contribution in [-0.4, -0.2) is 72.8 Å². The number of hydrogen-bond acceptors (Lipinski definition) is 14. The molecule has 0 N–H and O–H groups in total. The zero-order valence-electron chi connectivity index (χ0n) is 34.9. The van der Waals surface area contributed by atoms with E-state index in [9.17, 15) is 44.2 Å². The van der Waals surface area contributed by atoms with Gasteiger partial charge in [0.2, 0.25) is 5.69 Å². The summed E-state index contributed by atoms with van der Waals surface area (Å²) in [5.41, 5.74) is 3.48. The molecule has 306 valence electrons. The molecule has 4 aromatic rings. The van der Waals surface area contributed by atoms with Crippen LogP contribution in [0.4, 0.5) is 11.4 Å². The molecule has 0 fully saturated rings. The maximum atomic E-state index is 11.9. The van der Waals surface area contributed by atoms with Crippen LogP contribution >= 0.6 is 12.0 Å². The van der Waals surface area contributed by atoms with Gasteiger partial charge in [-0.1, -0.05) is 38.1 Å².